The van der Waals surface area contributed by atoms with E-state index in [0.717, 1.165) is 11.0 Å². The van der Waals surface area contributed by atoms with Gasteiger partial charge in [0.1, 0.15) is 34.8 Å². The van der Waals surface area contributed by atoms with Crippen molar-refractivity contribution in [1.29, 1.82) is 0 Å². The number of aromatic nitrogens is 2. The molecule has 0 fully saturated rings. The summed E-state index contributed by atoms with van der Waals surface area (Å²) >= 11 is 0. The largest absolute Gasteiger partial charge is 0.497 e. The Kier molecular flexibility index (Phi) is 5.09. The molecule has 8 heteroatoms. The van der Waals surface area contributed by atoms with Gasteiger partial charge < -0.3 is 29.8 Å². The lowest BCUT2D eigenvalue weighted by atomic mass is 10.0. The zero-order chi connectivity index (χ0) is 21.4. The standard InChI is InChI=1S/C22H24N4O4/c1-25-17-7-5-4-6-16(17)24-22(25)19-20(28)18(8-9-27)26(21(19)23)13-10-14(29-2)12-15(11-13)30-3/h4-7,10-12,18,27H,8-9,23H2,1-3H3. The van der Waals surface area contributed by atoms with Crippen LogP contribution in [0.4, 0.5) is 5.69 Å². The lowest BCUT2D eigenvalue weighted by Gasteiger charge is -2.27. The zero-order valence-corrected chi connectivity index (χ0v) is 17.1. The summed E-state index contributed by atoms with van der Waals surface area (Å²) < 4.78 is 12.6. The summed E-state index contributed by atoms with van der Waals surface area (Å²) in [6.45, 7) is -0.156. The topological polar surface area (TPSA) is 103 Å². The fourth-order valence-electron chi connectivity index (χ4n) is 3.93. The van der Waals surface area contributed by atoms with Crippen molar-refractivity contribution in [2.75, 3.05) is 25.7 Å². The van der Waals surface area contributed by atoms with Gasteiger partial charge in [0.15, 0.2) is 5.78 Å². The number of aliphatic hydroxyl groups excluding tert-OH is 1. The number of ether oxygens (including phenoxy) is 2. The molecule has 3 aromatic rings. The molecule has 0 radical (unpaired) electrons. The molecule has 0 aliphatic carbocycles. The van der Waals surface area contributed by atoms with E-state index in [1.54, 1.807) is 37.3 Å². The molecule has 30 heavy (non-hydrogen) atoms. The number of hydrogen-bond acceptors (Lipinski definition) is 7. The summed E-state index contributed by atoms with van der Waals surface area (Å²) in [6, 6.07) is 12.3. The van der Waals surface area contributed by atoms with Crippen LogP contribution in [0.5, 0.6) is 11.5 Å². The molecule has 3 N–H and O–H groups in total. The Balaban J connectivity index is 1.90. The van der Waals surface area contributed by atoms with Crippen molar-refractivity contribution in [1.82, 2.24) is 9.55 Å². The average Bonchev–Trinajstić information content (AvgIpc) is 3.21. The third kappa shape index (κ3) is 3.05. The third-order valence-corrected chi connectivity index (χ3v) is 5.40. The van der Waals surface area contributed by atoms with Gasteiger partial charge in [-0.25, -0.2) is 4.98 Å². The molecule has 156 valence electrons. The summed E-state index contributed by atoms with van der Waals surface area (Å²) in [5.41, 5.74) is 9.21. The first-order valence-electron chi connectivity index (χ1n) is 9.59. The van der Waals surface area contributed by atoms with Gasteiger partial charge in [0.2, 0.25) is 0 Å². The minimum Gasteiger partial charge on any atom is -0.497 e. The molecule has 0 bridgehead atoms. The van der Waals surface area contributed by atoms with Crippen LogP contribution in [0.3, 0.4) is 0 Å². The van der Waals surface area contributed by atoms with Gasteiger partial charge in [0.25, 0.3) is 0 Å². The van der Waals surface area contributed by atoms with Gasteiger partial charge in [0.05, 0.1) is 30.9 Å². The number of methoxy groups -OCH3 is 2. The molecule has 1 atom stereocenters. The molecule has 1 aliphatic rings. The van der Waals surface area contributed by atoms with Crippen molar-refractivity contribution in [3.8, 4) is 11.5 Å². The third-order valence-electron chi connectivity index (χ3n) is 5.40. The summed E-state index contributed by atoms with van der Waals surface area (Å²) in [4.78, 5) is 19.8. The molecule has 0 saturated carbocycles. The van der Waals surface area contributed by atoms with E-state index in [0.29, 0.717) is 28.6 Å². The van der Waals surface area contributed by atoms with Gasteiger partial charge >= 0.3 is 0 Å². The van der Waals surface area contributed by atoms with Crippen LogP contribution in [0.1, 0.15) is 12.2 Å². The van der Waals surface area contributed by atoms with E-state index >= 15 is 0 Å². The Labute approximate surface area is 174 Å². The first kappa shape index (κ1) is 19.8. The summed E-state index contributed by atoms with van der Waals surface area (Å²) in [5.74, 6) is 1.75. The second kappa shape index (κ2) is 7.72. The van der Waals surface area contributed by atoms with Crippen LogP contribution in [-0.2, 0) is 11.8 Å². The average molecular weight is 408 g/mol. The number of nitrogens with two attached hydrogens (primary N) is 1. The number of Topliss-reactive ketones (excluding diaryl/α,β-unsaturated/α-hetero) is 1. The number of carbonyl (C=O) groups excluding carboxylic acids is 1. The van der Waals surface area contributed by atoms with Gasteiger partial charge in [-0.1, -0.05) is 12.1 Å². The van der Waals surface area contributed by atoms with Crippen LogP contribution in [0.25, 0.3) is 16.6 Å². The van der Waals surface area contributed by atoms with Crippen LogP contribution in [0, 0.1) is 0 Å². The second-order valence-corrected chi connectivity index (χ2v) is 7.08. The number of anilines is 1. The number of carbonyl (C=O) groups is 1. The Hall–Kier alpha value is -3.52. The Bertz CT molecular complexity index is 1130. The fourth-order valence-corrected chi connectivity index (χ4v) is 3.93. The van der Waals surface area contributed by atoms with Gasteiger partial charge in [-0.3, -0.25) is 4.79 Å². The molecule has 0 spiro atoms. The van der Waals surface area contributed by atoms with Crippen molar-refractivity contribution in [3.63, 3.8) is 0 Å². The molecule has 4 rings (SSSR count). The summed E-state index contributed by atoms with van der Waals surface area (Å²) in [7, 11) is 4.97. The molecule has 2 aromatic carbocycles. The Morgan fingerprint density at radius 2 is 1.80 bits per heavy atom. The number of rotatable bonds is 6. The van der Waals surface area contributed by atoms with Crippen molar-refractivity contribution in [3.05, 3.63) is 54.1 Å². The van der Waals surface area contributed by atoms with E-state index in [1.807, 2.05) is 35.9 Å². The lowest BCUT2D eigenvalue weighted by Crippen LogP contribution is -2.37. The van der Waals surface area contributed by atoms with E-state index in [1.165, 1.54) is 0 Å². The van der Waals surface area contributed by atoms with Crippen LogP contribution in [-0.4, -0.2) is 47.3 Å². The van der Waals surface area contributed by atoms with Crippen molar-refractivity contribution < 1.29 is 19.4 Å². The van der Waals surface area contributed by atoms with Crippen molar-refractivity contribution in [2.24, 2.45) is 12.8 Å². The van der Waals surface area contributed by atoms with E-state index < -0.39 is 6.04 Å². The molecule has 2 heterocycles. The Morgan fingerprint density at radius 3 is 2.40 bits per heavy atom. The number of para-hydroxylation sites is 2. The van der Waals surface area contributed by atoms with E-state index in [9.17, 15) is 9.90 Å². The molecule has 1 aromatic heterocycles. The number of benzene rings is 2. The minimum atomic E-state index is -0.651. The van der Waals surface area contributed by atoms with Crippen LogP contribution >= 0.6 is 0 Å². The van der Waals surface area contributed by atoms with Gasteiger partial charge in [-0.05, 0) is 18.6 Å². The number of fused-ring (bicyclic) bond motifs is 1. The number of aryl methyl sites for hydroxylation is 1. The molecule has 1 aliphatic heterocycles. The monoisotopic (exact) mass is 408 g/mol. The van der Waals surface area contributed by atoms with Crippen molar-refractivity contribution >= 4 is 28.1 Å². The SMILES string of the molecule is COc1cc(OC)cc(N2C(N)=C(c3nc4ccccc4n3C)C(=O)C2CCO)c1. The van der Waals surface area contributed by atoms with Crippen molar-refractivity contribution in [2.45, 2.75) is 12.5 Å². The number of nitrogens with zero attached hydrogens (tertiary/aromatic N) is 3. The predicted octanol–water partition coefficient (Wildman–Crippen LogP) is 2.06. The minimum absolute atomic E-state index is 0.156. The molecular weight excluding hydrogens is 384 g/mol. The predicted molar refractivity (Wildman–Crippen MR) is 114 cm³/mol. The Morgan fingerprint density at radius 1 is 1.13 bits per heavy atom. The summed E-state index contributed by atoms with van der Waals surface area (Å²) in [5, 5.41) is 9.61. The molecule has 1 unspecified atom stereocenters. The first-order valence-corrected chi connectivity index (χ1v) is 9.59. The lowest BCUT2D eigenvalue weighted by molar-refractivity contribution is -0.114. The number of aliphatic hydroxyl groups is 1. The van der Waals surface area contributed by atoms with Gasteiger partial charge in [-0.2, -0.15) is 0 Å². The highest BCUT2D eigenvalue weighted by Gasteiger charge is 2.41. The first-order chi connectivity index (χ1) is 14.5. The quantitative estimate of drug-likeness (QED) is 0.643. The van der Waals surface area contributed by atoms with E-state index in [-0.39, 0.29) is 24.6 Å². The maximum atomic E-state index is 13.4. The normalized spacial score (nSPS) is 16.6. The zero-order valence-electron chi connectivity index (χ0n) is 17.1. The highest BCUT2D eigenvalue weighted by molar-refractivity contribution is 6.28. The second-order valence-electron chi connectivity index (χ2n) is 7.08. The van der Waals surface area contributed by atoms with Crippen LogP contribution < -0.4 is 20.1 Å². The van der Waals surface area contributed by atoms with Crippen LogP contribution in [0.15, 0.2) is 48.3 Å². The molecule has 0 saturated heterocycles. The maximum Gasteiger partial charge on any atom is 0.193 e. The van der Waals surface area contributed by atoms with Crippen LogP contribution in [0.2, 0.25) is 0 Å². The molecular formula is C22H24N4O4. The molecule has 0 amide bonds. The highest BCUT2D eigenvalue weighted by Crippen LogP contribution is 2.39. The van der Waals surface area contributed by atoms with E-state index in [4.69, 9.17) is 15.2 Å². The van der Waals surface area contributed by atoms with Gasteiger partial charge in [-0.15, -0.1) is 0 Å². The molecule has 8 nitrogen and oxygen atoms in total. The fraction of sp³-hybridized carbons (Fsp3) is 0.273. The smallest absolute Gasteiger partial charge is 0.193 e. The number of imidazole rings is 1. The number of ketones is 1. The maximum absolute atomic E-state index is 13.4. The summed E-state index contributed by atoms with van der Waals surface area (Å²) in [6.07, 6.45) is 0.229. The van der Waals surface area contributed by atoms with Gasteiger partial charge in [0, 0.05) is 31.9 Å². The number of hydrogen-bond donors (Lipinski definition) is 2. The van der Waals surface area contributed by atoms with E-state index in [2.05, 4.69) is 4.98 Å². The highest BCUT2D eigenvalue weighted by atomic mass is 16.5.